The third-order valence-electron chi connectivity index (χ3n) is 0.803. The second-order valence-corrected chi connectivity index (χ2v) is 2.04. The van der Waals surface area contributed by atoms with E-state index in [2.05, 4.69) is 0 Å². The van der Waals surface area contributed by atoms with Gasteiger partial charge < -0.3 is 35.4 Å². The molecule has 6 N–H and O–H groups in total. The van der Waals surface area contributed by atoms with Crippen molar-refractivity contribution < 1.29 is 45.0 Å². The molecule has 0 unspecified atom stereocenters. The Hall–Kier alpha value is -1.58. The Morgan fingerprint density at radius 3 is 1.24 bits per heavy atom. The van der Waals surface area contributed by atoms with Crippen molar-refractivity contribution in [2.75, 3.05) is 13.2 Å². The Morgan fingerprint density at radius 2 is 1.12 bits per heavy atom. The van der Waals surface area contributed by atoms with Gasteiger partial charge >= 0.3 is 12.3 Å². The standard InChI is InChI=1S/C6H14O2.2CH2O3.H2O/c1-4-7-6(3)8-5-2;2*2-1(3)4;/h6H,4-5H2,1-3H3;2*(H2,2,3,4);1H2. The van der Waals surface area contributed by atoms with Gasteiger partial charge in [0.05, 0.1) is 0 Å². The molecule has 0 aromatic heterocycles. The third-order valence-corrected chi connectivity index (χ3v) is 0.803. The molecule has 0 fully saturated rings. The minimum atomic E-state index is -1.83. The van der Waals surface area contributed by atoms with Gasteiger partial charge in [0, 0.05) is 13.2 Å². The van der Waals surface area contributed by atoms with Crippen LogP contribution in [0, 0.1) is 0 Å². The van der Waals surface area contributed by atoms with Crippen LogP contribution in [0.2, 0.25) is 0 Å². The molecule has 0 spiro atoms. The highest BCUT2D eigenvalue weighted by molar-refractivity contribution is 5.53. The normalized spacial score (nSPS) is 7.76. The van der Waals surface area contributed by atoms with Crippen LogP contribution in [0.3, 0.4) is 0 Å². The Bertz CT molecular complexity index is 144. The SMILES string of the molecule is CCOC(C)OCC.O.O=C(O)O.O=C(O)O. The van der Waals surface area contributed by atoms with Gasteiger partial charge in [0.15, 0.2) is 6.29 Å². The summed E-state index contributed by atoms with van der Waals surface area (Å²) in [6.45, 7) is 7.25. The first kappa shape index (κ1) is 24.6. The van der Waals surface area contributed by atoms with E-state index in [1.807, 2.05) is 20.8 Å². The number of rotatable bonds is 4. The van der Waals surface area contributed by atoms with Crippen LogP contribution >= 0.6 is 0 Å². The van der Waals surface area contributed by atoms with Gasteiger partial charge in [0.1, 0.15) is 0 Å². The molecule has 0 aliphatic carbocycles. The number of carbonyl (C=O) groups is 2. The van der Waals surface area contributed by atoms with E-state index in [-0.39, 0.29) is 11.8 Å². The Morgan fingerprint density at radius 1 is 0.941 bits per heavy atom. The first-order chi connectivity index (χ1) is 7.27. The molecule has 0 aromatic rings. The van der Waals surface area contributed by atoms with E-state index in [1.54, 1.807) is 0 Å². The summed E-state index contributed by atoms with van der Waals surface area (Å²) in [5, 5.41) is 27.9. The largest absolute Gasteiger partial charge is 0.503 e. The molecule has 0 radical (unpaired) electrons. The quantitative estimate of drug-likeness (QED) is 0.543. The fraction of sp³-hybridized carbons (Fsp3) is 0.750. The lowest BCUT2D eigenvalue weighted by atomic mass is 10.7. The van der Waals surface area contributed by atoms with E-state index in [0.717, 1.165) is 13.2 Å². The molecule has 0 saturated carbocycles. The molecule has 0 atom stereocenters. The van der Waals surface area contributed by atoms with E-state index >= 15 is 0 Å². The van der Waals surface area contributed by atoms with Crippen LogP contribution in [0.4, 0.5) is 9.59 Å². The van der Waals surface area contributed by atoms with Gasteiger partial charge in [-0.25, -0.2) is 9.59 Å². The number of hydrogen-bond acceptors (Lipinski definition) is 4. The average Bonchev–Trinajstić information content (AvgIpc) is 2.02. The number of hydrogen-bond donors (Lipinski definition) is 4. The minimum absolute atomic E-state index is 0. The van der Waals surface area contributed by atoms with Crippen molar-refractivity contribution in [2.45, 2.75) is 27.1 Å². The van der Waals surface area contributed by atoms with Gasteiger partial charge in [-0.05, 0) is 20.8 Å². The second kappa shape index (κ2) is 19.9. The predicted octanol–water partition coefficient (Wildman–Crippen LogP) is 1.03. The smallest absolute Gasteiger partial charge is 0.450 e. The molecule has 0 amide bonds. The van der Waals surface area contributed by atoms with Crippen molar-refractivity contribution in [1.82, 2.24) is 0 Å². The number of ether oxygens (including phenoxy) is 2. The van der Waals surface area contributed by atoms with Gasteiger partial charge in [0.25, 0.3) is 0 Å². The first-order valence-corrected chi connectivity index (χ1v) is 4.34. The van der Waals surface area contributed by atoms with Gasteiger partial charge in [0.2, 0.25) is 0 Å². The lowest BCUT2D eigenvalue weighted by molar-refractivity contribution is -0.123. The van der Waals surface area contributed by atoms with Gasteiger partial charge in [-0.1, -0.05) is 0 Å². The third kappa shape index (κ3) is 114. The summed E-state index contributed by atoms with van der Waals surface area (Å²) in [6, 6.07) is 0. The molecule has 0 aliphatic heterocycles. The molecular weight excluding hydrogens is 240 g/mol. The van der Waals surface area contributed by atoms with Crippen LogP contribution in [0.1, 0.15) is 20.8 Å². The molecule has 106 valence electrons. The van der Waals surface area contributed by atoms with Crippen molar-refractivity contribution in [2.24, 2.45) is 0 Å². The van der Waals surface area contributed by atoms with Crippen molar-refractivity contribution in [1.29, 1.82) is 0 Å². The fourth-order valence-electron chi connectivity index (χ4n) is 0.518. The maximum atomic E-state index is 8.56. The van der Waals surface area contributed by atoms with Crippen molar-refractivity contribution in [3.63, 3.8) is 0 Å². The van der Waals surface area contributed by atoms with E-state index in [1.165, 1.54) is 0 Å². The summed E-state index contributed by atoms with van der Waals surface area (Å²) in [5.41, 5.74) is 0. The summed E-state index contributed by atoms with van der Waals surface area (Å²) >= 11 is 0. The van der Waals surface area contributed by atoms with Gasteiger partial charge in [-0.15, -0.1) is 0 Å². The maximum Gasteiger partial charge on any atom is 0.503 e. The highest BCUT2D eigenvalue weighted by atomic mass is 16.7. The predicted molar refractivity (Wildman–Crippen MR) is 57.6 cm³/mol. The summed E-state index contributed by atoms with van der Waals surface area (Å²) in [7, 11) is 0. The van der Waals surface area contributed by atoms with Crippen LogP contribution in [0.5, 0.6) is 0 Å². The van der Waals surface area contributed by atoms with Crippen LogP contribution in [0.15, 0.2) is 0 Å². The highest BCUT2D eigenvalue weighted by Gasteiger charge is 1.94. The number of carboxylic acid groups (broad SMARTS) is 4. The Kier molecular flexibility index (Phi) is 28.8. The van der Waals surface area contributed by atoms with Crippen LogP contribution in [0.25, 0.3) is 0 Å². The molecule has 9 heteroatoms. The van der Waals surface area contributed by atoms with Crippen molar-refractivity contribution >= 4 is 12.3 Å². The molecule has 0 rings (SSSR count). The minimum Gasteiger partial charge on any atom is -0.450 e. The summed E-state index contributed by atoms with van der Waals surface area (Å²) < 4.78 is 10.1. The second-order valence-electron chi connectivity index (χ2n) is 2.04. The van der Waals surface area contributed by atoms with E-state index < -0.39 is 12.3 Å². The molecular formula is C8H20O9. The summed E-state index contributed by atoms with van der Waals surface area (Å²) in [6.07, 6.45) is -3.70. The maximum absolute atomic E-state index is 8.56. The zero-order chi connectivity index (χ0) is 13.6. The van der Waals surface area contributed by atoms with Crippen LogP contribution in [-0.2, 0) is 9.47 Å². The summed E-state index contributed by atoms with van der Waals surface area (Å²) in [4.78, 5) is 17.1. The highest BCUT2D eigenvalue weighted by Crippen LogP contribution is 1.90. The van der Waals surface area contributed by atoms with E-state index in [4.69, 9.17) is 39.5 Å². The van der Waals surface area contributed by atoms with Gasteiger partial charge in [-0.3, -0.25) is 0 Å². The fourth-order valence-corrected chi connectivity index (χ4v) is 0.518. The lowest BCUT2D eigenvalue weighted by Crippen LogP contribution is -2.11. The topological polar surface area (TPSA) is 165 Å². The van der Waals surface area contributed by atoms with E-state index in [0.29, 0.717) is 0 Å². The molecule has 0 aliphatic rings. The average molecular weight is 260 g/mol. The zero-order valence-electron chi connectivity index (χ0n) is 9.91. The van der Waals surface area contributed by atoms with Gasteiger partial charge in [-0.2, -0.15) is 0 Å². The molecule has 0 bridgehead atoms. The molecule has 17 heavy (non-hydrogen) atoms. The Balaban J connectivity index is -0.0000000806. The molecule has 0 saturated heterocycles. The lowest BCUT2D eigenvalue weighted by Gasteiger charge is -2.09. The van der Waals surface area contributed by atoms with Crippen molar-refractivity contribution in [3.05, 3.63) is 0 Å². The summed E-state index contributed by atoms with van der Waals surface area (Å²) in [5.74, 6) is 0. The Labute approximate surface area is 98.5 Å². The molecule has 0 heterocycles. The molecule has 0 aromatic carbocycles. The van der Waals surface area contributed by atoms with Crippen LogP contribution in [-0.4, -0.2) is 57.7 Å². The van der Waals surface area contributed by atoms with Crippen molar-refractivity contribution in [3.8, 4) is 0 Å². The van der Waals surface area contributed by atoms with E-state index in [9.17, 15) is 0 Å². The van der Waals surface area contributed by atoms with Crippen LogP contribution < -0.4 is 0 Å². The molecule has 9 nitrogen and oxygen atoms in total. The zero-order valence-corrected chi connectivity index (χ0v) is 9.91. The first-order valence-electron chi connectivity index (χ1n) is 4.34. The monoisotopic (exact) mass is 260 g/mol.